The van der Waals surface area contributed by atoms with E-state index >= 15 is 0 Å². The number of carbonyl (C=O) groups is 1. The van der Waals surface area contributed by atoms with Crippen molar-refractivity contribution in [2.75, 3.05) is 19.6 Å². The molecule has 1 atom stereocenters. The molecule has 0 bridgehead atoms. The van der Waals surface area contributed by atoms with Crippen molar-refractivity contribution < 1.29 is 14.1 Å². The summed E-state index contributed by atoms with van der Waals surface area (Å²) in [5, 5.41) is 7.17. The maximum atomic E-state index is 12.5. The molecule has 1 aliphatic rings. The van der Waals surface area contributed by atoms with E-state index in [0.717, 1.165) is 19.6 Å². The van der Waals surface area contributed by atoms with Gasteiger partial charge in [0, 0.05) is 37.7 Å². The monoisotopic (exact) mass is 330 g/mol. The number of nitrogens with one attached hydrogen (secondary N) is 1. The van der Waals surface area contributed by atoms with Crippen LogP contribution >= 0.6 is 0 Å². The standard InChI is InChI=1S/C17H22N4O3/c1-3-16-19-15(20-24-16)11-23-14-6-4-13(5-7-14)17(22)21-9-8-18-12(2)10-21/h4-7,12,18H,3,8-11H2,1-2H3/t12-/m1/s1. The Labute approximate surface area is 141 Å². The first-order valence-electron chi connectivity index (χ1n) is 8.22. The Balaban J connectivity index is 1.57. The molecule has 128 valence electrons. The fourth-order valence-electron chi connectivity index (χ4n) is 2.63. The number of hydrogen-bond donors (Lipinski definition) is 1. The summed E-state index contributed by atoms with van der Waals surface area (Å²) in [5.41, 5.74) is 0.671. The Morgan fingerprint density at radius 1 is 1.42 bits per heavy atom. The van der Waals surface area contributed by atoms with Gasteiger partial charge in [0.2, 0.25) is 11.7 Å². The van der Waals surface area contributed by atoms with E-state index < -0.39 is 0 Å². The third-order valence-corrected chi connectivity index (χ3v) is 3.94. The van der Waals surface area contributed by atoms with Gasteiger partial charge >= 0.3 is 0 Å². The highest BCUT2D eigenvalue weighted by atomic mass is 16.5. The predicted molar refractivity (Wildman–Crippen MR) is 87.8 cm³/mol. The number of hydrogen-bond acceptors (Lipinski definition) is 6. The molecule has 7 heteroatoms. The summed E-state index contributed by atoms with van der Waals surface area (Å²) in [4.78, 5) is 18.6. The van der Waals surface area contributed by atoms with Crippen LogP contribution in [0.2, 0.25) is 0 Å². The van der Waals surface area contributed by atoms with Gasteiger partial charge in [0.25, 0.3) is 5.91 Å². The molecule has 24 heavy (non-hydrogen) atoms. The van der Waals surface area contributed by atoms with Crippen LogP contribution < -0.4 is 10.1 Å². The molecule has 1 saturated heterocycles. The van der Waals surface area contributed by atoms with Crippen molar-refractivity contribution in [2.24, 2.45) is 0 Å². The van der Waals surface area contributed by atoms with Gasteiger partial charge in [-0.25, -0.2) is 0 Å². The van der Waals surface area contributed by atoms with Gasteiger partial charge in [0.15, 0.2) is 6.61 Å². The summed E-state index contributed by atoms with van der Waals surface area (Å²) < 4.78 is 10.7. The zero-order valence-corrected chi connectivity index (χ0v) is 14.0. The normalized spacial score (nSPS) is 17.8. The second kappa shape index (κ2) is 7.44. The molecular formula is C17H22N4O3. The molecule has 2 heterocycles. The molecule has 0 saturated carbocycles. The maximum Gasteiger partial charge on any atom is 0.253 e. The molecule has 3 rings (SSSR count). The molecule has 0 aliphatic carbocycles. The summed E-state index contributed by atoms with van der Waals surface area (Å²) in [7, 11) is 0. The molecule has 0 unspecified atom stereocenters. The highest BCUT2D eigenvalue weighted by Gasteiger charge is 2.21. The molecule has 1 fully saturated rings. The summed E-state index contributed by atoms with van der Waals surface area (Å²) in [6.45, 7) is 6.57. The van der Waals surface area contributed by atoms with E-state index in [9.17, 15) is 4.79 Å². The van der Waals surface area contributed by atoms with Crippen molar-refractivity contribution in [1.82, 2.24) is 20.4 Å². The van der Waals surface area contributed by atoms with Gasteiger partial charge in [-0.05, 0) is 31.2 Å². The van der Waals surface area contributed by atoms with Gasteiger partial charge in [-0.3, -0.25) is 4.79 Å². The lowest BCUT2D eigenvalue weighted by atomic mass is 10.1. The zero-order chi connectivity index (χ0) is 16.9. The number of ether oxygens (including phenoxy) is 1. The molecule has 2 aromatic rings. The van der Waals surface area contributed by atoms with E-state index in [0.29, 0.717) is 35.5 Å². The SMILES string of the molecule is CCc1nc(COc2ccc(C(=O)N3CCN[C@H](C)C3)cc2)no1. The topological polar surface area (TPSA) is 80.5 Å². The van der Waals surface area contributed by atoms with E-state index in [-0.39, 0.29) is 12.5 Å². The first-order chi connectivity index (χ1) is 11.7. The largest absolute Gasteiger partial charge is 0.485 e. The average molecular weight is 330 g/mol. The second-order valence-corrected chi connectivity index (χ2v) is 5.88. The van der Waals surface area contributed by atoms with Gasteiger partial charge < -0.3 is 19.5 Å². The number of amides is 1. The third kappa shape index (κ3) is 3.91. The predicted octanol–water partition coefficient (Wildman–Crippen LogP) is 1.64. The smallest absolute Gasteiger partial charge is 0.253 e. The lowest BCUT2D eigenvalue weighted by Gasteiger charge is -2.32. The molecule has 1 aromatic carbocycles. The van der Waals surface area contributed by atoms with Crippen LogP contribution in [0.4, 0.5) is 0 Å². The third-order valence-electron chi connectivity index (χ3n) is 3.94. The highest BCUT2D eigenvalue weighted by Crippen LogP contribution is 2.16. The van der Waals surface area contributed by atoms with E-state index in [1.54, 1.807) is 24.3 Å². The van der Waals surface area contributed by atoms with Crippen molar-refractivity contribution >= 4 is 5.91 Å². The lowest BCUT2D eigenvalue weighted by molar-refractivity contribution is 0.0709. The molecule has 7 nitrogen and oxygen atoms in total. The van der Waals surface area contributed by atoms with Crippen molar-refractivity contribution in [1.29, 1.82) is 0 Å². The summed E-state index contributed by atoms with van der Waals surface area (Å²) in [5.74, 6) is 1.84. The van der Waals surface area contributed by atoms with Gasteiger partial charge in [-0.1, -0.05) is 12.1 Å². The van der Waals surface area contributed by atoms with Crippen LogP contribution in [-0.2, 0) is 13.0 Å². The van der Waals surface area contributed by atoms with Crippen LogP contribution in [0, 0.1) is 0 Å². The fourth-order valence-corrected chi connectivity index (χ4v) is 2.63. The number of aromatic nitrogens is 2. The quantitative estimate of drug-likeness (QED) is 0.898. The molecule has 1 N–H and O–H groups in total. The molecule has 0 radical (unpaired) electrons. The summed E-state index contributed by atoms with van der Waals surface area (Å²) >= 11 is 0. The first-order valence-corrected chi connectivity index (χ1v) is 8.22. The molecule has 1 aromatic heterocycles. The van der Waals surface area contributed by atoms with Gasteiger partial charge in [-0.15, -0.1) is 0 Å². The van der Waals surface area contributed by atoms with E-state index in [4.69, 9.17) is 9.26 Å². The lowest BCUT2D eigenvalue weighted by Crippen LogP contribution is -2.51. The minimum atomic E-state index is 0.0562. The van der Waals surface area contributed by atoms with E-state index in [1.807, 2.05) is 11.8 Å². The number of aryl methyl sites for hydroxylation is 1. The summed E-state index contributed by atoms with van der Waals surface area (Å²) in [6.07, 6.45) is 0.703. The first kappa shape index (κ1) is 16.4. The Morgan fingerprint density at radius 3 is 2.88 bits per heavy atom. The second-order valence-electron chi connectivity index (χ2n) is 5.88. The Bertz CT molecular complexity index is 683. The highest BCUT2D eigenvalue weighted by molar-refractivity contribution is 5.94. The maximum absolute atomic E-state index is 12.5. The molecular weight excluding hydrogens is 308 g/mol. The summed E-state index contributed by atoms with van der Waals surface area (Å²) in [6, 6.07) is 7.49. The van der Waals surface area contributed by atoms with Crippen LogP contribution in [0.3, 0.4) is 0 Å². The minimum absolute atomic E-state index is 0.0562. The van der Waals surface area contributed by atoms with Crippen molar-refractivity contribution in [3.8, 4) is 5.75 Å². The van der Waals surface area contributed by atoms with Crippen LogP contribution in [-0.4, -0.2) is 46.6 Å². The van der Waals surface area contributed by atoms with Crippen LogP contribution in [0.1, 0.15) is 35.9 Å². The Morgan fingerprint density at radius 2 is 2.21 bits per heavy atom. The Hall–Kier alpha value is -2.41. The fraction of sp³-hybridized carbons (Fsp3) is 0.471. The van der Waals surface area contributed by atoms with E-state index in [1.165, 1.54) is 0 Å². The number of piperazine rings is 1. The van der Waals surface area contributed by atoms with E-state index in [2.05, 4.69) is 22.4 Å². The Kier molecular flexibility index (Phi) is 5.10. The minimum Gasteiger partial charge on any atom is -0.485 e. The molecule has 0 spiro atoms. The number of nitrogens with zero attached hydrogens (tertiary/aromatic N) is 3. The average Bonchev–Trinajstić information content (AvgIpc) is 3.08. The zero-order valence-electron chi connectivity index (χ0n) is 14.0. The van der Waals surface area contributed by atoms with Crippen LogP contribution in [0.25, 0.3) is 0 Å². The van der Waals surface area contributed by atoms with Crippen LogP contribution in [0.5, 0.6) is 5.75 Å². The van der Waals surface area contributed by atoms with Gasteiger partial charge in [0.05, 0.1) is 0 Å². The van der Waals surface area contributed by atoms with Crippen molar-refractivity contribution in [3.63, 3.8) is 0 Å². The van der Waals surface area contributed by atoms with Crippen molar-refractivity contribution in [3.05, 3.63) is 41.5 Å². The number of rotatable bonds is 5. The van der Waals surface area contributed by atoms with Gasteiger partial charge in [0.1, 0.15) is 5.75 Å². The van der Waals surface area contributed by atoms with Gasteiger partial charge in [-0.2, -0.15) is 4.98 Å². The number of benzene rings is 1. The van der Waals surface area contributed by atoms with Crippen molar-refractivity contribution in [2.45, 2.75) is 32.9 Å². The van der Waals surface area contributed by atoms with Crippen LogP contribution in [0.15, 0.2) is 28.8 Å². The molecule has 1 amide bonds. The number of carbonyl (C=O) groups excluding carboxylic acids is 1. The molecule has 1 aliphatic heterocycles.